The van der Waals surface area contributed by atoms with Crippen LogP contribution in [0.15, 0.2) is 33.7 Å². The molecule has 0 aromatic heterocycles. The van der Waals surface area contributed by atoms with Crippen LogP contribution in [0.2, 0.25) is 37.3 Å². The Morgan fingerprint density at radius 2 is 1.06 bits per heavy atom. The predicted octanol–water partition coefficient (Wildman–Crippen LogP) is 2.52. The van der Waals surface area contributed by atoms with Gasteiger partial charge in [0.15, 0.2) is 0 Å². The molecular weight excluding hydrogens is 618 g/mol. The van der Waals surface area contributed by atoms with Crippen molar-refractivity contribution in [2.45, 2.75) is 115 Å². The van der Waals surface area contributed by atoms with Gasteiger partial charge in [-0.05, 0) is 0 Å². The molecule has 2 fully saturated rings. The first-order chi connectivity index (χ1) is 13.5. The maximum Gasteiger partial charge on any atom is 4.00 e. The molecule has 172 valence electrons. The molecule has 0 N–H and O–H groups in total. The minimum atomic E-state index is -0.916. The summed E-state index contributed by atoms with van der Waals surface area (Å²) in [5.74, 6) is 0. The summed E-state index contributed by atoms with van der Waals surface area (Å²) in [6, 6.07) is 6.08. The van der Waals surface area contributed by atoms with Crippen molar-refractivity contribution >= 4 is 16.1 Å². The van der Waals surface area contributed by atoms with Gasteiger partial charge in [-0.1, -0.05) is 115 Å². The molecule has 4 aliphatic rings. The Morgan fingerprint density at radius 1 is 0.710 bits per heavy atom. The maximum atomic E-state index is 3.71. The van der Waals surface area contributed by atoms with E-state index in [1.165, 1.54) is 88.4 Å². The molecular formula is C26H42Cl2HfSi2. The van der Waals surface area contributed by atoms with E-state index in [2.05, 4.69) is 51.2 Å². The van der Waals surface area contributed by atoms with Crippen molar-refractivity contribution in [1.29, 1.82) is 0 Å². The maximum absolute atomic E-state index is 3.71. The Bertz CT molecular complexity index is 613. The number of unbranched alkanes of at least 4 members (excludes halogenated alkanes) is 2. The van der Waals surface area contributed by atoms with E-state index >= 15 is 0 Å². The molecule has 0 spiro atoms. The topological polar surface area (TPSA) is 0 Å². The molecule has 0 atom stereocenters. The van der Waals surface area contributed by atoms with Crippen LogP contribution in [0.3, 0.4) is 0 Å². The van der Waals surface area contributed by atoms with Gasteiger partial charge >= 0.3 is 25.8 Å². The van der Waals surface area contributed by atoms with Gasteiger partial charge in [0.05, 0.1) is 0 Å². The number of halogens is 2. The second-order valence-corrected chi connectivity index (χ2v) is 19.5. The van der Waals surface area contributed by atoms with E-state index in [4.69, 9.17) is 0 Å². The van der Waals surface area contributed by atoms with Gasteiger partial charge in [-0.15, -0.1) is 0 Å². The van der Waals surface area contributed by atoms with Crippen molar-refractivity contribution in [2.24, 2.45) is 0 Å². The van der Waals surface area contributed by atoms with E-state index in [9.17, 15) is 0 Å². The minimum absolute atomic E-state index is 0. The molecule has 2 saturated heterocycles. The second kappa shape index (κ2) is 15.0. The van der Waals surface area contributed by atoms with E-state index in [-0.39, 0.29) is 50.7 Å². The molecule has 0 aromatic carbocycles. The molecule has 2 aliphatic carbocycles. The standard InChI is InChI=1S/2C13H21Si.2ClH.Hf/c2*1-3-4-6-12-7-8-13(11-12)14(2)9-5-10-14;;;/h2*8H,3-7,9-10H2,1-2H3;2*1H;/q2*-1;;;+4/p-2. The van der Waals surface area contributed by atoms with Crippen molar-refractivity contribution in [3.05, 3.63) is 45.8 Å². The third-order valence-electron chi connectivity index (χ3n) is 7.61. The first-order valence-corrected chi connectivity index (χ1v) is 18.0. The predicted molar refractivity (Wildman–Crippen MR) is 130 cm³/mol. The molecule has 4 rings (SSSR count). The van der Waals surface area contributed by atoms with Crippen LogP contribution in [0, 0.1) is 12.2 Å². The molecule has 5 heteroatoms. The van der Waals surface area contributed by atoms with E-state index < -0.39 is 16.1 Å². The summed E-state index contributed by atoms with van der Waals surface area (Å²) >= 11 is 0. The number of hydrogen-bond acceptors (Lipinski definition) is 0. The fraction of sp³-hybridized carbons (Fsp3) is 0.692. The van der Waals surface area contributed by atoms with Crippen LogP contribution < -0.4 is 24.8 Å². The van der Waals surface area contributed by atoms with Crippen LogP contribution in [0.4, 0.5) is 0 Å². The number of hydrogen-bond donors (Lipinski definition) is 0. The molecule has 0 radical (unpaired) electrons. The molecule has 0 unspecified atom stereocenters. The zero-order valence-corrected chi connectivity index (χ0v) is 27.4. The van der Waals surface area contributed by atoms with Crippen LogP contribution in [0.25, 0.3) is 0 Å². The summed E-state index contributed by atoms with van der Waals surface area (Å²) in [5.41, 5.74) is 3.17. The van der Waals surface area contributed by atoms with Gasteiger partial charge in [-0.2, -0.15) is 11.1 Å². The van der Waals surface area contributed by atoms with Crippen molar-refractivity contribution in [3.8, 4) is 0 Å². The van der Waals surface area contributed by atoms with Gasteiger partial charge in [0.25, 0.3) is 0 Å². The van der Waals surface area contributed by atoms with E-state index in [0.29, 0.717) is 0 Å². The smallest absolute Gasteiger partial charge is 1.00 e. The van der Waals surface area contributed by atoms with Gasteiger partial charge in [0.1, 0.15) is 0 Å². The van der Waals surface area contributed by atoms with E-state index in [0.717, 1.165) is 0 Å². The van der Waals surface area contributed by atoms with Gasteiger partial charge in [0, 0.05) is 16.1 Å². The third-order valence-corrected chi connectivity index (χ3v) is 16.7. The third kappa shape index (κ3) is 8.53. The van der Waals surface area contributed by atoms with Crippen LogP contribution in [0.5, 0.6) is 0 Å². The van der Waals surface area contributed by atoms with Gasteiger partial charge in [-0.3, -0.25) is 12.2 Å². The summed E-state index contributed by atoms with van der Waals surface area (Å²) in [6.45, 7) is 9.62. The fourth-order valence-corrected chi connectivity index (χ4v) is 10.9. The molecule has 0 saturated carbocycles. The first-order valence-electron chi connectivity index (χ1n) is 12.1. The van der Waals surface area contributed by atoms with E-state index in [1.54, 1.807) is 21.5 Å². The van der Waals surface area contributed by atoms with Crippen LogP contribution in [-0.2, 0) is 25.8 Å². The largest absolute Gasteiger partial charge is 4.00 e. The first kappa shape index (κ1) is 31.8. The molecule has 0 amide bonds. The Kier molecular flexibility index (Phi) is 15.4. The second-order valence-electron chi connectivity index (χ2n) is 10.1. The average molecular weight is 660 g/mol. The van der Waals surface area contributed by atoms with Gasteiger partial charge in [-0.25, -0.2) is 22.5 Å². The zero-order valence-electron chi connectivity index (χ0n) is 20.3. The molecule has 2 aliphatic heterocycles. The Labute approximate surface area is 226 Å². The summed E-state index contributed by atoms with van der Waals surface area (Å²) in [7, 11) is -1.83. The summed E-state index contributed by atoms with van der Waals surface area (Å²) in [4.78, 5) is 0. The van der Waals surface area contributed by atoms with Gasteiger partial charge < -0.3 is 24.8 Å². The molecule has 31 heavy (non-hydrogen) atoms. The molecule has 2 heterocycles. The van der Waals surface area contributed by atoms with Crippen molar-refractivity contribution in [3.63, 3.8) is 0 Å². The van der Waals surface area contributed by atoms with Crippen LogP contribution >= 0.6 is 0 Å². The monoisotopic (exact) mass is 660 g/mol. The normalized spacial score (nSPS) is 21.8. The van der Waals surface area contributed by atoms with E-state index in [1.807, 2.05) is 0 Å². The van der Waals surface area contributed by atoms with Crippen LogP contribution in [0.1, 0.15) is 78.1 Å². The minimum Gasteiger partial charge on any atom is -1.00 e. The number of allylic oxidation sites excluding steroid dienone is 8. The van der Waals surface area contributed by atoms with Crippen molar-refractivity contribution in [2.75, 3.05) is 0 Å². The summed E-state index contributed by atoms with van der Waals surface area (Å²) in [5, 5.41) is 3.32. The van der Waals surface area contributed by atoms with Crippen molar-refractivity contribution in [1.82, 2.24) is 0 Å². The zero-order chi connectivity index (χ0) is 20.0. The fourth-order valence-electron chi connectivity index (χ4n) is 4.89. The number of rotatable bonds is 8. The molecule has 0 bridgehead atoms. The SMILES string of the molecule is CCCCC1=[C-]C([Si]2(C)CCC2)=CC1.CCCCC1=[C-]C([Si]2(C)CCC2)=CC1.[Cl-].[Cl-].[Hf+4]. The Balaban J connectivity index is 0.000000529. The Hall–Kier alpha value is 0.844. The summed E-state index contributed by atoms with van der Waals surface area (Å²) in [6.07, 6.45) is 25.7. The van der Waals surface area contributed by atoms with Crippen LogP contribution in [-0.4, -0.2) is 16.1 Å². The van der Waals surface area contributed by atoms with Gasteiger partial charge in [0.2, 0.25) is 0 Å². The quantitative estimate of drug-likeness (QED) is 0.278. The Morgan fingerprint density at radius 3 is 1.32 bits per heavy atom. The van der Waals surface area contributed by atoms with Crippen molar-refractivity contribution < 1.29 is 50.7 Å². The average Bonchev–Trinajstić information content (AvgIpc) is 3.31. The molecule has 0 aromatic rings. The summed E-state index contributed by atoms with van der Waals surface area (Å²) < 4.78 is 0. The molecule has 0 nitrogen and oxygen atoms in total.